The third-order valence-corrected chi connectivity index (χ3v) is 2.73. The van der Waals surface area contributed by atoms with Crippen LogP contribution in [0, 0.1) is 6.92 Å². The van der Waals surface area contributed by atoms with Crippen molar-refractivity contribution in [2.24, 2.45) is 0 Å². The molecule has 1 N–H and O–H groups in total. The molecule has 4 heteroatoms. The van der Waals surface area contributed by atoms with Crippen LogP contribution in [-0.4, -0.2) is 23.5 Å². The lowest BCUT2D eigenvalue weighted by Crippen LogP contribution is -1.99. The maximum atomic E-state index is 11.9. The lowest BCUT2D eigenvalue weighted by atomic mass is 10.1. The highest BCUT2D eigenvalue weighted by molar-refractivity contribution is 7.99. The van der Waals surface area contributed by atoms with E-state index in [1.807, 2.05) is 6.07 Å². The van der Waals surface area contributed by atoms with Gasteiger partial charge in [0.25, 0.3) is 0 Å². The lowest BCUT2D eigenvalue weighted by molar-refractivity contribution is 0.0696. The van der Waals surface area contributed by atoms with Crippen molar-refractivity contribution >= 4 is 17.7 Å². The van der Waals surface area contributed by atoms with Crippen molar-refractivity contribution in [3.63, 3.8) is 0 Å². The summed E-state index contributed by atoms with van der Waals surface area (Å²) in [7, 11) is 0. The Morgan fingerprint density at radius 3 is 2.86 bits per heavy atom. The Labute approximate surface area is 86.1 Å². The van der Waals surface area contributed by atoms with Gasteiger partial charge in [0.2, 0.25) is 0 Å². The normalized spacial score (nSPS) is 10.1. The molecule has 76 valence electrons. The number of hydrogen-bond donors (Lipinski definition) is 1. The summed E-state index contributed by atoms with van der Waals surface area (Å²) in [6, 6.07) is 5.13. The Morgan fingerprint density at radius 1 is 1.57 bits per heavy atom. The summed E-state index contributed by atoms with van der Waals surface area (Å²) in [4.78, 5) is 11.6. The number of alkyl halides is 1. The molecule has 2 nitrogen and oxygen atoms in total. The summed E-state index contributed by atoms with van der Waals surface area (Å²) >= 11 is 1.32. The number of rotatable bonds is 4. The SMILES string of the molecule is Cc1ccc(SCCF)cc1C(=O)O. The van der Waals surface area contributed by atoms with E-state index in [4.69, 9.17) is 5.11 Å². The first-order valence-corrected chi connectivity index (χ1v) is 5.16. The van der Waals surface area contributed by atoms with Crippen molar-refractivity contribution in [3.05, 3.63) is 29.3 Å². The zero-order valence-corrected chi connectivity index (χ0v) is 8.60. The molecule has 0 aliphatic heterocycles. The van der Waals surface area contributed by atoms with Gasteiger partial charge in [0.05, 0.1) is 12.2 Å². The third-order valence-electron chi connectivity index (χ3n) is 1.79. The molecule has 0 bridgehead atoms. The predicted molar refractivity (Wildman–Crippen MR) is 54.8 cm³/mol. The monoisotopic (exact) mass is 214 g/mol. The van der Waals surface area contributed by atoms with E-state index in [1.54, 1.807) is 19.1 Å². The summed E-state index contributed by atoms with van der Waals surface area (Å²) in [5, 5.41) is 8.83. The molecule has 14 heavy (non-hydrogen) atoms. The van der Waals surface area contributed by atoms with E-state index in [1.165, 1.54) is 11.8 Å². The summed E-state index contributed by atoms with van der Waals surface area (Å²) in [5.74, 6) is -0.576. The van der Waals surface area contributed by atoms with Crippen molar-refractivity contribution in [1.82, 2.24) is 0 Å². The molecule has 0 aliphatic rings. The van der Waals surface area contributed by atoms with Gasteiger partial charge in [0.1, 0.15) is 0 Å². The van der Waals surface area contributed by atoms with Gasteiger partial charge in [-0.3, -0.25) is 4.39 Å². The average Bonchev–Trinajstić information content (AvgIpc) is 2.16. The number of halogens is 1. The standard InChI is InChI=1S/C10H11FO2S/c1-7-2-3-8(14-5-4-11)6-9(7)10(12)13/h2-3,6H,4-5H2,1H3,(H,12,13). The van der Waals surface area contributed by atoms with Gasteiger partial charge in [-0.1, -0.05) is 6.07 Å². The molecule has 0 heterocycles. The number of aromatic carboxylic acids is 1. The highest BCUT2D eigenvalue weighted by Crippen LogP contribution is 2.21. The van der Waals surface area contributed by atoms with Crippen molar-refractivity contribution in [2.45, 2.75) is 11.8 Å². The maximum absolute atomic E-state index is 11.9. The molecule has 0 amide bonds. The summed E-state index contributed by atoms with van der Waals surface area (Å²) in [6.45, 7) is 1.34. The lowest BCUT2D eigenvalue weighted by Gasteiger charge is -2.03. The molecule has 0 saturated carbocycles. The first kappa shape index (κ1) is 11.0. The molecule has 0 radical (unpaired) electrons. The molecule has 0 spiro atoms. The summed E-state index contributed by atoms with van der Waals surface area (Å²) < 4.78 is 11.9. The van der Waals surface area contributed by atoms with Gasteiger partial charge < -0.3 is 5.11 Å². The second-order valence-electron chi connectivity index (χ2n) is 2.82. The zero-order chi connectivity index (χ0) is 10.6. The van der Waals surface area contributed by atoms with Gasteiger partial charge in [-0.25, -0.2) is 4.79 Å². The number of carboxylic acids is 1. The Bertz CT molecular complexity index is 339. The van der Waals surface area contributed by atoms with Crippen molar-refractivity contribution in [2.75, 3.05) is 12.4 Å². The van der Waals surface area contributed by atoms with E-state index >= 15 is 0 Å². The molecule has 0 saturated heterocycles. The fraction of sp³-hybridized carbons (Fsp3) is 0.300. The molecule has 1 rings (SSSR count). The van der Waals surface area contributed by atoms with Crippen molar-refractivity contribution < 1.29 is 14.3 Å². The largest absolute Gasteiger partial charge is 0.478 e. The van der Waals surface area contributed by atoms with Gasteiger partial charge in [-0.2, -0.15) is 0 Å². The second-order valence-corrected chi connectivity index (χ2v) is 3.99. The third kappa shape index (κ3) is 2.73. The minimum Gasteiger partial charge on any atom is -0.478 e. The van der Waals surface area contributed by atoms with Crippen LogP contribution in [0.5, 0.6) is 0 Å². The highest BCUT2D eigenvalue weighted by Gasteiger charge is 2.07. The Morgan fingerprint density at radius 2 is 2.29 bits per heavy atom. The second kappa shape index (κ2) is 5.00. The van der Waals surface area contributed by atoms with Gasteiger partial charge in [-0.05, 0) is 24.6 Å². The van der Waals surface area contributed by atoms with E-state index in [2.05, 4.69) is 0 Å². The number of thioether (sulfide) groups is 1. The topological polar surface area (TPSA) is 37.3 Å². The molecular formula is C10H11FO2S. The maximum Gasteiger partial charge on any atom is 0.335 e. The minimum atomic E-state index is -0.940. The smallest absolute Gasteiger partial charge is 0.335 e. The van der Waals surface area contributed by atoms with Gasteiger partial charge >= 0.3 is 5.97 Å². The Balaban J connectivity index is 2.89. The predicted octanol–water partition coefficient (Wildman–Crippen LogP) is 2.75. The molecule has 1 aromatic rings. The molecular weight excluding hydrogens is 203 g/mol. The highest BCUT2D eigenvalue weighted by atomic mass is 32.2. The van der Waals surface area contributed by atoms with Crippen LogP contribution in [0.2, 0.25) is 0 Å². The molecule has 0 unspecified atom stereocenters. The summed E-state index contributed by atoms with van der Waals surface area (Å²) in [5.41, 5.74) is 1.01. The minimum absolute atomic E-state index is 0.286. The quantitative estimate of drug-likeness (QED) is 0.783. The van der Waals surface area contributed by atoms with E-state index in [0.717, 1.165) is 10.5 Å². The first-order valence-electron chi connectivity index (χ1n) is 4.18. The zero-order valence-electron chi connectivity index (χ0n) is 7.79. The first-order chi connectivity index (χ1) is 6.65. The van der Waals surface area contributed by atoms with E-state index in [0.29, 0.717) is 5.75 Å². The van der Waals surface area contributed by atoms with Gasteiger partial charge in [-0.15, -0.1) is 11.8 Å². The fourth-order valence-electron chi connectivity index (χ4n) is 1.08. The van der Waals surface area contributed by atoms with Gasteiger partial charge in [0, 0.05) is 10.6 Å². The number of benzene rings is 1. The fourth-order valence-corrected chi connectivity index (χ4v) is 1.76. The van der Waals surface area contributed by atoms with Crippen molar-refractivity contribution in [1.29, 1.82) is 0 Å². The number of hydrogen-bond acceptors (Lipinski definition) is 2. The Kier molecular flexibility index (Phi) is 3.95. The molecule has 0 atom stereocenters. The van der Waals surface area contributed by atoms with Crippen LogP contribution in [0.15, 0.2) is 23.1 Å². The van der Waals surface area contributed by atoms with Crippen molar-refractivity contribution in [3.8, 4) is 0 Å². The van der Waals surface area contributed by atoms with Crippen LogP contribution in [0.1, 0.15) is 15.9 Å². The molecule has 0 aliphatic carbocycles. The van der Waals surface area contributed by atoms with Crippen LogP contribution in [-0.2, 0) is 0 Å². The number of carboxylic acid groups (broad SMARTS) is 1. The van der Waals surface area contributed by atoms with Crippen LogP contribution in [0.4, 0.5) is 4.39 Å². The number of aryl methyl sites for hydroxylation is 1. The molecule has 1 aromatic carbocycles. The van der Waals surface area contributed by atoms with Gasteiger partial charge in [0.15, 0.2) is 0 Å². The molecule has 0 aromatic heterocycles. The van der Waals surface area contributed by atoms with E-state index in [9.17, 15) is 9.18 Å². The average molecular weight is 214 g/mol. The van der Waals surface area contributed by atoms with Crippen LogP contribution in [0.25, 0.3) is 0 Å². The number of carbonyl (C=O) groups is 1. The van der Waals surface area contributed by atoms with Crippen LogP contribution >= 0.6 is 11.8 Å². The van der Waals surface area contributed by atoms with Crippen LogP contribution < -0.4 is 0 Å². The molecule has 0 fully saturated rings. The van der Waals surface area contributed by atoms with E-state index < -0.39 is 12.6 Å². The summed E-state index contributed by atoms with van der Waals surface area (Å²) in [6.07, 6.45) is 0. The van der Waals surface area contributed by atoms with Crippen LogP contribution in [0.3, 0.4) is 0 Å². The Hall–Kier alpha value is -1.03. The van der Waals surface area contributed by atoms with E-state index in [-0.39, 0.29) is 5.56 Å².